The second-order valence-corrected chi connectivity index (χ2v) is 10.7. The van der Waals surface area contributed by atoms with Crippen LogP contribution in [0.2, 0.25) is 0 Å². The Morgan fingerprint density at radius 2 is 1.60 bits per heavy atom. The van der Waals surface area contributed by atoms with Crippen molar-refractivity contribution in [2.24, 2.45) is 23.2 Å². The van der Waals surface area contributed by atoms with E-state index in [1.165, 1.54) is 19.3 Å². The summed E-state index contributed by atoms with van der Waals surface area (Å²) in [5, 5.41) is 0. The van der Waals surface area contributed by atoms with Crippen molar-refractivity contribution in [3.8, 4) is 5.69 Å². The quantitative estimate of drug-likeness (QED) is 0.410. The molecule has 0 radical (unpaired) electrons. The monoisotopic (exact) mass is 469 g/mol. The van der Waals surface area contributed by atoms with Gasteiger partial charge in [-0.15, -0.1) is 0 Å². The summed E-state index contributed by atoms with van der Waals surface area (Å²) in [6, 6.07) is 9.92. The Hall–Kier alpha value is -1.88. The number of benzene rings is 1. The molecule has 1 heterocycles. The van der Waals surface area contributed by atoms with Crippen molar-refractivity contribution in [3.63, 3.8) is 0 Å². The first-order valence-corrected chi connectivity index (χ1v) is 11.8. The lowest BCUT2D eigenvalue weighted by molar-refractivity contribution is -0.170. The van der Waals surface area contributed by atoms with Crippen LogP contribution in [0.15, 0.2) is 34.8 Å². The van der Waals surface area contributed by atoms with Gasteiger partial charge in [-0.3, -0.25) is 9.59 Å². The van der Waals surface area contributed by atoms with Crippen LogP contribution in [0.25, 0.3) is 5.69 Å². The SMILES string of the molecule is Cc1cc(C(=O)COC(=O)C23CC4CC(CC(C4)C2)C3)c(C)n1-c1ccc(Br)cc1. The Bertz CT molecular complexity index is 969. The van der Waals surface area contributed by atoms with E-state index in [1.807, 2.05) is 44.2 Å². The predicted octanol–water partition coefficient (Wildman–Crippen LogP) is 5.80. The van der Waals surface area contributed by atoms with Crippen LogP contribution in [0.3, 0.4) is 0 Å². The van der Waals surface area contributed by atoms with E-state index < -0.39 is 0 Å². The van der Waals surface area contributed by atoms with Crippen molar-refractivity contribution in [3.05, 3.63) is 51.8 Å². The lowest BCUT2D eigenvalue weighted by Crippen LogP contribution is -2.50. The Balaban J connectivity index is 1.30. The van der Waals surface area contributed by atoms with Crippen LogP contribution in [0.5, 0.6) is 0 Å². The molecule has 4 aliphatic rings. The van der Waals surface area contributed by atoms with Gasteiger partial charge in [-0.1, -0.05) is 15.9 Å². The number of esters is 1. The molecule has 0 aliphatic heterocycles. The van der Waals surface area contributed by atoms with Gasteiger partial charge in [0.05, 0.1) is 5.41 Å². The molecule has 158 valence electrons. The zero-order valence-electron chi connectivity index (χ0n) is 17.6. The smallest absolute Gasteiger partial charge is 0.312 e. The van der Waals surface area contributed by atoms with Crippen LogP contribution in [0.1, 0.15) is 60.3 Å². The molecule has 4 bridgehead atoms. The molecule has 4 saturated carbocycles. The van der Waals surface area contributed by atoms with E-state index in [4.69, 9.17) is 4.74 Å². The number of nitrogens with zero attached hydrogens (tertiary/aromatic N) is 1. The van der Waals surface area contributed by atoms with E-state index in [2.05, 4.69) is 20.5 Å². The highest BCUT2D eigenvalue weighted by Gasteiger charge is 2.55. The molecular formula is C25H28BrNO3. The second-order valence-electron chi connectivity index (χ2n) is 9.79. The van der Waals surface area contributed by atoms with E-state index in [0.29, 0.717) is 23.3 Å². The summed E-state index contributed by atoms with van der Waals surface area (Å²) in [5.74, 6) is 1.80. The number of hydrogen-bond acceptors (Lipinski definition) is 3. The molecule has 5 heteroatoms. The van der Waals surface area contributed by atoms with Crippen molar-refractivity contribution in [2.45, 2.75) is 52.4 Å². The third kappa shape index (κ3) is 3.35. The maximum absolute atomic E-state index is 13.1. The van der Waals surface area contributed by atoms with Crippen molar-refractivity contribution >= 4 is 27.7 Å². The molecule has 1 aromatic heterocycles. The summed E-state index contributed by atoms with van der Waals surface area (Å²) in [5.41, 5.74) is 3.20. The van der Waals surface area contributed by atoms with Gasteiger partial charge in [-0.2, -0.15) is 0 Å². The molecule has 30 heavy (non-hydrogen) atoms. The number of ether oxygens (including phenoxy) is 1. The summed E-state index contributed by atoms with van der Waals surface area (Å²) in [7, 11) is 0. The largest absolute Gasteiger partial charge is 0.457 e. The van der Waals surface area contributed by atoms with Crippen molar-refractivity contribution in [1.82, 2.24) is 4.57 Å². The van der Waals surface area contributed by atoms with Gasteiger partial charge >= 0.3 is 5.97 Å². The minimum atomic E-state index is -0.316. The molecule has 0 amide bonds. The summed E-state index contributed by atoms with van der Waals surface area (Å²) >= 11 is 3.46. The van der Waals surface area contributed by atoms with Crippen LogP contribution in [0, 0.1) is 37.0 Å². The number of aryl methyl sites for hydroxylation is 1. The van der Waals surface area contributed by atoms with Crippen molar-refractivity contribution < 1.29 is 14.3 Å². The maximum Gasteiger partial charge on any atom is 0.312 e. The molecule has 0 unspecified atom stereocenters. The molecular weight excluding hydrogens is 442 g/mol. The molecule has 4 fully saturated rings. The van der Waals surface area contributed by atoms with E-state index >= 15 is 0 Å². The van der Waals surface area contributed by atoms with Gasteiger partial charge in [0, 0.05) is 27.1 Å². The van der Waals surface area contributed by atoms with Crippen LogP contribution in [-0.2, 0) is 9.53 Å². The molecule has 0 N–H and O–H groups in total. The standard InChI is InChI=1S/C25H28BrNO3/c1-15-7-22(16(2)27(15)21-5-3-20(26)4-6-21)23(28)14-30-24(29)25-11-17-8-18(12-25)10-19(9-17)13-25/h3-7,17-19H,8-14H2,1-2H3. The van der Waals surface area contributed by atoms with Gasteiger partial charge in [0.15, 0.2) is 6.61 Å². The highest BCUT2D eigenvalue weighted by atomic mass is 79.9. The molecule has 0 atom stereocenters. The zero-order chi connectivity index (χ0) is 21.0. The lowest BCUT2D eigenvalue weighted by atomic mass is 9.49. The van der Waals surface area contributed by atoms with E-state index in [1.54, 1.807) is 0 Å². The van der Waals surface area contributed by atoms with E-state index in [9.17, 15) is 9.59 Å². The highest BCUT2D eigenvalue weighted by molar-refractivity contribution is 9.10. The Kier molecular flexibility index (Phi) is 4.92. The molecule has 4 aliphatic carbocycles. The third-order valence-electron chi connectivity index (χ3n) is 7.62. The maximum atomic E-state index is 13.1. The summed E-state index contributed by atoms with van der Waals surface area (Å²) in [6.07, 6.45) is 6.74. The lowest BCUT2D eigenvalue weighted by Gasteiger charge is -2.55. The van der Waals surface area contributed by atoms with Crippen molar-refractivity contribution in [1.29, 1.82) is 0 Å². The Morgan fingerprint density at radius 3 is 2.17 bits per heavy atom. The number of rotatable bonds is 5. The average molecular weight is 470 g/mol. The molecule has 6 rings (SSSR count). The number of Topliss-reactive ketones (excluding diaryl/α,β-unsaturated/α-hetero) is 1. The summed E-state index contributed by atoms with van der Waals surface area (Å²) in [4.78, 5) is 26.0. The normalized spacial score (nSPS) is 29.2. The number of halogens is 1. The fourth-order valence-electron chi connectivity index (χ4n) is 6.76. The van der Waals surface area contributed by atoms with Gasteiger partial charge in [-0.25, -0.2) is 0 Å². The van der Waals surface area contributed by atoms with Gasteiger partial charge in [0.1, 0.15) is 0 Å². The van der Waals surface area contributed by atoms with E-state index in [-0.39, 0.29) is 23.8 Å². The number of aromatic nitrogens is 1. The molecule has 0 saturated heterocycles. The topological polar surface area (TPSA) is 48.3 Å². The van der Waals surface area contributed by atoms with Crippen LogP contribution in [0.4, 0.5) is 0 Å². The fraction of sp³-hybridized carbons (Fsp3) is 0.520. The van der Waals surface area contributed by atoms with Gasteiger partial charge < -0.3 is 9.30 Å². The minimum Gasteiger partial charge on any atom is -0.457 e. The zero-order valence-corrected chi connectivity index (χ0v) is 19.2. The molecule has 4 nitrogen and oxygen atoms in total. The summed E-state index contributed by atoms with van der Waals surface area (Å²) in [6.45, 7) is 3.78. The molecule has 2 aromatic rings. The Morgan fingerprint density at radius 1 is 1.03 bits per heavy atom. The van der Waals surface area contributed by atoms with Gasteiger partial charge in [0.2, 0.25) is 5.78 Å². The van der Waals surface area contributed by atoms with Gasteiger partial charge in [-0.05, 0) is 100 Å². The van der Waals surface area contributed by atoms with Crippen LogP contribution < -0.4 is 0 Å². The number of ketones is 1. The molecule has 1 aromatic carbocycles. The highest BCUT2D eigenvalue weighted by Crippen LogP contribution is 2.60. The Labute approximate surface area is 186 Å². The average Bonchev–Trinajstić information content (AvgIpc) is 3.00. The summed E-state index contributed by atoms with van der Waals surface area (Å²) < 4.78 is 8.75. The van der Waals surface area contributed by atoms with E-state index in [0.717, 1.165) is 40.8 Å². The van der Waals surface area contributed by atoms with Gasteiger partial charge in [0.25, 0.3) is 0 Å². The third-order valence-corrected chi connectivity index (χ3v) is 8.15. The second kappa shape index (κ2) is 7.37. The van der Waals surface area contributed by atoms with Crippen LogP contribution in [-0.4, -0.2) is 22.9 Å². The number of carbonyl (C=O) groups is 2. The fourth-order valence-corrected chi connectivity index (χ4v) is 7.02. The molecule has 0 spiro atoms. The first-order valence-electron chi connectivity index (χ1n) is 11.0. The number of hydrogen-bond donors (Lipinski definition) is 0. The van der Waals surface area contributed by atoms with Crippen molar-refractivity contribution in [2.75, 3.05) is 6.61 Å². The minimum absolute atomic E-state index is 0.121. The van der Waals surface area contributed by atoms with Crippen LogP contribution >= 0.6 is 15.9 Å². The first-order chi connectivity index (χ1) is 14.3. The number of carbonyl (C=O) groups excluding carboxylic acids is 2. The predicted molar refractivity (Wildman–Crippen MR) is 119 cm³/mol. The first kappa shape index (κ1) is 20.0.